The molecule has 0 aliphatic heterocycles. The van der Waals surface area contributed by atoms with Gasteiger partial charge < -0.3 is 4.90 Å². The summed E-state index contributed by atoms with van der Waals surface area (Å²) in [6.45, 7) is 2.92. The fraction of sp³-hybridized carbons (Fsp3) is 0.500. The van der Waals surface area contributed by atoms with Gasteiger partial charge in [0.05, 0.1) is 5.56 Å². The molecule has 0 aliphatic rings. The van der Waals surface area contributed by atoms with E-state index in [1.165, 1.54) is 12.1 Å². The number of alkyl halides is 4. The van der Waals surface area contributed by atoms with E-state index in [0.29, 0.717) is 19.0 Å². The van der Waals surface area contributed by atoms with E-state index in [4.69, 9.17) is 11.6 Å². The highest BCUT2D eigenvalue weighted by Gasteiger charge is 2.34. The molecule has 0 N–H and O–H groups in total. The molecule has 0 unspecified atom stereocenters. The predicted molar refractivity (Wildman–Crippen MR) is 64.7 cm³/mol. The largest absolute Gasteiger partial charge is 0.418 e. The Morgan fingerprint density at radius 2 is 1.82 bits per heavy atom. The molecule has 0 bridgehead atoms. The summed E-state index contributed by atoms with van der Waals surface area (Å²) in [5, 5.41) is 0. The van der Waals surface area contributed by atoms with Crippen molar-refractivity contribution in [1.29, 1.82) is 0 Å². The molecule has 0 saturated carbocycles. The summed E-state index contributed by atoms with van der Waals surface area (Å²) in [6, 6.07) is 5.61. The predicted octanol–water partition coefficient (Wildman–Crippen LogP) is 4.16. The lowest BCUT2D eigenvalue weighted by Crippen LogP contribution is -2.28. The highest BCUT2D eigenvalue weighted by atomic mass is 35.5. The second-order valence-corrected chi connectivity index (χ2v) is 4.07. The summed E-state index contributed by atoms with van der Waals surface area (Å²) >= 11 is 5.63. The van der Waals surface area contributed by atoms with Crippen LogP contribution in [0.25, 0.3) is 0 Å². The maximum absolute atomic E-state index is 12.8. The highest BCUT2D eigenvalue weighted by molar-refractivity contribution is 6.18. The molecule has 0 saturated heterocycles. The third-order valence-electron chi connectivity index (χ3n) is 2.40. The monoisotopic (exact) mass is 265 g/mol. The fourth-order valence-corrected chi connectivity index (χ4v) is 1.92. The SMILES string of the molecule is CCCN(CCCl)c1ccccc1C(F)(F)F. The van der Waals surface area contributed by atoms with E-state index < -0.39 is 11.7 Å². The van der Waals surface area contributed by atoms with Crippen LogP contribution in [-0.4, -0.2) is 19.0 Å². The van der Waals surface area contributed by atoms with Gasteiger partial charge in [-0.2, -0.15) is 13.2 Å². The summed E-state index contributed by atoms with van der Waals surface area (Å²) in [5.41, 5.74) is -0.388. The van der Waals surface area contributed by atoms with Crippen molar-refractivity contribution in [2.75, 3.05) is 23.9 Å². The van der Waals surface area contributed by atoms with Crippen molar-refractivity contribution < 1.29 is 13.2 Å². The lowest BCUT2D eigenvalue weighted by Gasteiger charge is -2.26. The van der Waals surface area contributed by atoms with Crippen LogP contribution in [0.4, 0.5) is 18.9 Å². The smallest absolute Gasteiger partial charge is 0.370 e. The second-order valence-electron chi connectivity index (χ2n) is 3.69. The molecular weight excluding hydrogens is 251 g/mol. The van der Waals surface area contributed by atoms with Crippen LogP contribution in [0.1, 0.15) is 18.9 Å². The zero-order valence-corrected chi connectivity index (χ0v) is 10.4. The van der Waals surface area contributed by atoms with E-state index in [1.807, 2.05) is 6.92 Å². The topological polar surface area (TPSA) is 3.24 Å². The van der Waals surface area contributed by atoms with Gasteiger partial charge in [-0.3, -0.25) is 0 Å². The van der Waals surface area contributed by atoms with Crippen molar-refractivity contribution in [2.24, 2.45) is 0 Å². The first-order valence-corrected chi connectivity index (χ1v) is 6.01. The Balaban J connectivity index is 3.09. The average Bonchev–Trinajstić information content (AvgIpc) is 2.28. The number of para-hydroxylation sites is 1. The number of benzene rings is 1. The maximum atomic E-state index is 12.8. The van der Waals surface area contributed by atoms with Gasteiger partial charge in [0.25, 0.3) is 0 Å². The van der Waals surface area contributed by atoms with Gasteiger partial charge in [-0.1, -0.05) is 19.1 Å². The minimum Gasteiger partial charge on any atom is -0.370 e. The van der Waals surface area contributed by atoms with Crippen molar-refractivity contribution >= 4 is 17.3 Å². The maximum Gasteiger partial charge on any atom is 0.418 e. The van der Waals surface area contributed by atoms with Gasteiger partial charge in [0.1, 0.15) is 0 Å². The Labute approximate surface area is 104 Å². The first-order valence-electron chi connectivity index (χ1n) is 5.47. The van der Waals surface area contributed by atoms with Crippen molar-refractivity contribution in [1.82, 2.24) is 0 Å². The molecule has 1 rings (SSSR count). The van der Waals surface area contributed by atoms with Crippen LogP contribution in [0.2, 0.25) is 0 Å². The molecule has 0 amide bonds. The zero-order valence-electron chi connectivity index (χ0n) is 9.60. The number of nitrogens with zero attached hydrogens (tertiary/aromatic N) is 1. The van der Waals surface area contributed by atoms with Gasteiger partial charge in [0, 0.05) is 24.7 Å². The molecule has 0 radical (unpaired) electrons. The Morgan fingerprint density at radius 1 is 1.18 bits per heavy atom. The molecular formula is C12H15ClF3N. The van der Waals surface area contributed by atoms with Gasteiger partial charge in [0.2, 0.25) is 0 Å². The molecule has 0 aliphatic carbocycles. The number of hydrogen-bond acceptors (Lipinski definition) is 1. The van der Waals surface area contributed by atoms with Crippen molar-refractivity contribution in [3.8, 4) is 0 Å². The minimum atomic E-state index is -4.32. The van der Waals surface area contributed by atoms with Crippen molar-refractivity contribution in [2.45, 2.75) is 19.5 Å². The molecule has 96 valence electrons. The van der Waals surface area contributed by atoms with Gasteiger partial charge >= 0.3 is 6.18 Å². The van der Waals surface area contributed by atoms with Crippen LogP contribution >= 0.6 is 11.6 Å². The lowest BCUT2D eigenvalue weighted by atomic mass is 10.1. The van der Waals surface area contributed by atoms with E-state index >= 15 is 0 Å². The molecule has 0 spiro atoms. The second kappa shape index (κ2) is 6.15. The van der Waals surface area contributed by atoms with Crippen molar-refractivity contribution in [3.05, 3.63) is 29.8 Å². The summed E-state index contributed by atoms with van der Waals surface area (Å²) in [5.74, 6) is 0.312. The first-order chi connectivity index (χ1) is 8.00. The molecule has 0 fully saturated rings. The van der Waals surface area contributed by atoms with Crippen LogP contribution in [0.3, 0.4) is 0 Å². The Morgan fingerprint density at radius 3 is 2.35 bits per heavy atom. The minimum absolute atomic E-state index is 0.211. The van der Waals surface area contributed by atoms with Crippen LogP contribution in [-0.2, 0) is 6.18 Å². The Kier molecular flexibility index (Phi) is 5.12. The lowest BCUT2D eigenvalue weighted by molar-refractivity contribution is -0.137. The van der Waals surface area contributed by atoms with Crippen molar-refractivity contribution in [3.63, 3.8) is 0 Å². The van der Waals surface area contributed by atoms with Gasteiger partial charge in [-0.05, 0) is 18.6 Å². The molecule has 0 atom stereocenters. The van der Waals surface area contributed by atoms with Gasteiger partial charge in [-0.25, -0.2) is 0 Å². The summed E-state index contributed by atoms with van der Waals surface area (Å²) < 4.78 is 38.5. The molecule has 5 heteroatoms. The summed E-state index contributed by atoms with van der Waals surface area (Å²) in [7, 11) is 0. The first kappa shape index (κ1) is 14.2. The Bertz CT molecular complexity index is 346. The van der Waals surface area contributed by atoms with Crippen LogP contribution < -0.4 is 4.90 Å². The fourth-order valence-electron chi connectivity index (χ4n) is 1.71. The number of rotatable bonds is 5. The normalized spacial score (nSPS) is 11.6. The molecule has 1 aromatic rings. The molecule has 1 aromatic carbocycles. The summed E-state index contributed by atoms with van der Waals surface area (Å²) in [6.07, 6.45) is -3.54. The molecule has 1 nitrogen and oxygen atoms in total. The highest BCUT2D eigenvalue weighted by Crippen LogP contribution is 2.36. The van der Waals surface area contributed by atoms with E-state index in [2.05, 4.69) is 0 Å². The van der Waals surface area contributed by atoms with E-state index in [0.717, 1.165) is 12.5 Å². The number of hydrogen-bond donors (Lipinski definition) is 0. The third-order valence-corrected chi connectivity index (χ3v) is 2.57. The van der Waals surface area contributed by atoms with E-state index in [9.17, 15) is 13.2 Å². The van der Waals surface area contributed by atoms with Crippen LogP contribution in [0.5, 0.6) is 0 Å². The van der Waals surface area contributed by atoms with Gasteiger partial charge in [-0.15, -0.1) is 11.6 Å². The van der Waals surface area contributed by atoms with E-state index in [-0.39, 0.29) is 5.69 Å². The number of halogens is 4. The molecule has 17 heavy (non-hydrogen) atoms. The summed E-state index contributed by atoms with van der Waals surface area (Å²) in [4.78, 5) is 1.68. The van der Waals surface area contributed by atoms with Crippen LogP contribution in [0.15, 0.2) is 24.3 Å². The van der Waals surface area contributed by atoms with Gasteiger partial charge in [0.15, 0.2) is 0 Å². The molecule has 0 heterocycles. The quantitative estimate of drug-likeness (QED) is 0.723. The van der Waals surface area contributed by atoms with E-state index in [1.54, 1.807) is 11.0 Å². The van der Waals surface area contributed by atoms with Crippen LogP contribution in [0, 0.1) is 0 Å². The average molecular weight is 266 g/mol. The standard InChI is InChI=1S/C12H15ClF3N/c1-2-8-17(9-7-13)11-6-4-3-5-10(11)12(14,15)16/h3-6H,2,7-9H2,1H3. The Hall–Kier alpha value is -0.900. The molecule has 0 aromatic heterocycles. The third kappa shape index (κ3) is 3.80. The zero-order chi connectivity index (χ0) is 12.9. The number of anilines is 1.